The van der Waals surface area contributed by atoms with Crippen molar-refractivity contribution >= 4 is 58.5 Å². The first kappa shape index (κ1) is 58.1. The van der Waals surface area contributed by atoms with Gasteiger partial charge in [0, 0.05) is 76.2 Å². The van der Waals surface area contributed by atoms with Gasteiger partial charge in [0.05, 0.1) is 52.3 Å². The van der Waals surface area contributed by atoms with Gasteiger partial charge < -0.3 is 58.3 Å². The Kier molecular flexibility index (Phi) is 21.9. The molecule has 76 heavy (non-hydrogen) atoms. The molecule has 0 radical (unpaired) electrons. The second-order valence-corrected chi connectivity index (χ2v) is 19.9. The van der Waals surface area contributed by atoms with E-state index < -0.39 is 17.9 Å². The SMILES string of the molecule is CC(=O)Oc1ccc([C@@H](O)CNCCc2ccc(OCCOCc3c(Cl)cccc3Cl)cc2)cc1CO.CC1(C)OCc2cc([C@@H]3CN(CCc4ccc(OCCOCc5c(Cl)cccc5Cl)cc4)C(=O)O3)ccc2O1. The molecule has 404 valence electrons. The fourth-order valence-corrected chi connectivity index (χ4v) is 9.10. The van der Waals surface area contributed by atoms with Crippen LogP contribution in [0.25, 0.3) is 0 Å². The van der Waals surface area contributed by atoms with Gasteiger partial charge in [-0.25, -0.2) is 4.79 Å². The summed E-state index contributed by atoms with van der Waals surface area (Å²) in [6, 6.07) is 37.2. The van der Waals surface area contributed by atoms with E-state index in [4.69, 9.17) is 84.3 Å². The third kappa shape index (κ3) is 17.5. The zero-order valence-electron chi connectivity index (χ0n) is 42.5. The molecule has 18 heteroatoms. The molecular formula is C58H62Cl4N2O12. The van der Waals surface area contributed by atoms with Crippen LogP contribution in [0.1, 0.15) is 77.5 Å². The standard InChI is InChI=1S/C30H31Cl2NO6.C28H31Cl2NO6/c1-30(2)37-18-22-16-21(8-11-27(22)39-30)28-17-33(29(34)38-28)13-12-20-6-9-23(10-7-20)36-15-14-35-19-24-25(31)4-3-5-26(24)32;1-19(33)37-28-10-7-21(15-22(28)17-32)27(34)16-31-12-11-20-5-8-23(9-6-20)36-14-13-35-18-24-25(29)3-2-4-26(24)30/h3-11,16,28H,12-15,17-19H2,1-2H3;2-10,15,27,31-32,34H,11-14,16-18H2,1H3/t28-;27-/m00/s1. The molecular weight excluding hydrogens is 1060 g/mol. The molecule has 8 rings (SSSR count). The first-order valence-electron chi connectivity index (χ1n) is 24.8. The van der Waals surface area contributed by atoms with E-state index in [0.717, 1.165) is 57.1 Å². The highest BCUT2D eigenvalue weighted by atomic mass is 35.5. The minimum absolute atomic E-state index is 0.291. The van der Waals surface area contributed by atoms with Crippen LogP contribution in [0.4, 0.5) is 4.79 Å². The van der Waals surface area contributed by atoms with E-state index in [-0.39, 0.29) is 18.8 Å². The number of fused-ring (bicyclic) bond motifs is 1. The fourth-order valence-electron chi connectivity index (χ4n) is 8.09. The monoisotopic (exact) mass is 1120 g/mol. The summed E-state index contributed by atoms with van der Waals surface area (Å²) in [4.78, 5) is 25.4. The molecule has 0 spiro atoms. The molecule has 6 aromatic carbocycles. The molecule has 0 saturated carbocycles. The van der Waals surface area contributed by atoms with Gasteiger partial charge in [-0.05, 0) is 114 Å². The number of hydrogen-bond acceptors (Lipinski definition) is 13. The number of aliphatic hydroxyl groups excluding tert-OH is 2. The first-order valence-corrected chi connectivity index (χ1v) is 26.3. The van der Waals surface area contributed by atoms with E-state index in [9.17, 15) is 19.8 Å². The lowest BCUT2D eigenvalue weighted by molar-refractivity contribution is -0.180. The quantitative estimate of drug-likeness (QED) is 0.0298. The van der Waals surface area contributed by atoms with Crippen LogP contribution in [0.5, 0.6) is 23.0 Å². The van der Waals surface area contributed by atoms with Crippen molar-refractivity contribution in [1.82, 2.24) is 10.2 Å². The second kappa shape index (κ2) is 28.7. The molecule has 0 bridgehead atoms. The minimum Gasteiger partial charge on any atom is -0.491 e. The van der Waals surface area contributed by atoms with E-state index in [1.165, 1.54) is 6.92 Å². The molecule has 14 nitrogen and oxygen atoms in total. The molecule has 0 aromatic heterocycles. The number of carbonyl (C=O) groups excluding carboxylic acids is 2. The summed E-state index contributed by atoms with van der Waals surface area (Å²) in [5, 5.41) is 25.6. The average molecular weight is 1120 g/mol. The number of carbonyl (C=O) groups is 2. The molecule has 1 amide bonds. The Morgan fingerprint density at radius 1 is 0.763 bits per heavy atom. The van der Waals surface area contributed by atoms with E-state index >= 15 is 0 Å². The van der Waals surface area contributed by atoms with Crippen LogP contribution in [0.2, 0.25) is 20.1 Å². The number of aliphatic hydroxyl groups is 2. The van der Waals surface area contributed by atoms with Gasteiger partial charge in [0.1, 0.15) is 42.3 Å². The Bertz CT molecular complexity index is 2810. The fraction of sp³-hybridized carbons (Fsp3) is 0.345. The van der Waals surface area contributed by atoms with E-state index in [1.54, 1.807) is 59.5 Å². The number of cyclic esters (lactones) is 1. The normalized spacial score (nSPS) is 14.9. The van der Waals surface area contributed by atoms with Crippen LogP contribution in [0, 0.1) is 0 Å². The van der Waals surface area contributed by atoms with Gasteiger partial charge in [0.15, 0.2) is 0 Å². The van der Waals surface area contributed by atoms with Crippen LogP contribution in [-0.4, -0.2) is 85.6 Å². The van der Waals surface area contributed by atoms with Gasteiger partial charge >= 0.3 is 12.1 Å². The number of hydrogen-bond donors (Lipinski definition) is 3. The maximum Gasteiger partial charge on any atom is 0.410 e. The third-order valence-electron chi connectivity index (χ3n) is 12.2. The lowest BCUT2D eigenvalue weighted by Gasteiger charge is -2.32. The Balaban J connectivity index is 0.000000222. The molecule has 0 unspecified atom stereocenters. The maximum absolute atomic E-state index is 12.5. The second-order valence-electron chi connectivity index (χ2n) is 18.3. The lowest BCUT2D eigenvalue weighted by Crippen LogP contribution is -2.35. The number of esters is 1. The van der Waals surface area contributed by atoms with E-state index in [2.05, 4.69) is 5.32 Å². The largest absolute Gasteiger partial charge is 0.491 e. The number of benzene rings is 6. The molecule has 6 aromatic rings. The average Bonchev–Trinajstić information content (AvgIpc) is 3.78. The summed E-state index contributed by atoms with van der Waals surface area (Å²) in [6.45, 7) is 9.61. The van der Waals surface area contributed by atoms with Gasteiger partial charge in [0.2, 0.25) is 5.79 Å². The van der Waals surface area contributed by atoms with Crippen molar-refractivity contribution in [2.75, 3.05) is 52.6 Å². The number of nitrogens with zero attached hydrogens (tertiary/aromatic N) is 1. The molecule has 0 aliphatic carbocycles. The zero-order valence-corrected chi connectivity index (χ0v) is 45.6. The minimum atomic E-state index is -0.761. The smallest absolute Gasteiger partial charge is 0.410 e. The van der Waals surface area contributed by atoms with E-state index in [1.807, 2.05) is 80.6 Å². The van der Waals surface area contributed by atoms with Crippen molar-refractivity contribution in [2.45, 2.75) is 78.0 Å². The summed E-state index contributed by atoms with van der Waals surface area (Å²) >= 11 is 24.6. The van der Waals surface area contributed by atoms with Crippen LogP contribution < -0.4 is 24.3 Å². The Labute approximate surface area is 463 Å². The molecule has 1 saturated heterocycles. The van der Waals surface area contributed by atoms with Gasteiger partial charge in [-0.15, -0.1) is 0 Å². The van der Waals surface area contributed by atoms with Gasteiger partial charge in [0.25, 0.3) is 0 Å². The maximum atomic E-state index is 12.5. The molecule has 1 fully saturated rings. The van der Waals surface area contributed by atoms with E-state index in [0.29, 0.717) is 116 Å². The lowest BCUT2D eigenvalue weighted by atomic mass is 10.0. The van der Waals surface area contributed by atoms with Crippen molar-refractivity contribution in [3.8, 4) is 23.0 Å². The van der Waals surface area contributed by atoms with Crippen molar-refractivity contribution in [3.05, 3.63) is 186 Å². The van der Waals surface area contributed by atoms with Gasteiger partial charge in [-0.3, -0.25) is 4.79 Å². The summed E-state index contributed by atoms with van der Waals surface area (Å²) in [6.07, 6.45) is 0.116. The number of rotatable bonds is 24. The Hall–Kier alpha value is -5.62. The number of halogens is 4. The predicted octanol–water partition coefficient (Wildman–Crippen LogP) is 11.8. The molecule has 2 aliphatic heterocycles. The third-order valence-corrected chi connectivity index (χ3v) is 13.6. The highest BCUT2D eigenvalue weighted by molar-refractivity contribution is 6.36. The Morgan fingerprint density at radius 2 is 1.34 bits per heavy atom. The number of ether oxygens (including phenoxy) is 8. The number of amides is 1. The highest BCUT2D eigenvalue weighted by Crippen LogP contribution is 2.36. The molecule has 2 heterocycles. The van der Waals surface area contributed by atoms with Gasteiger partial charge in [-0.2, -0.15) is 0 Å². The predicted molar refractivity (Wildman–Crippen MR) is 292 cm³/mol. The first-order chi connectivity index (χ1) is 36.6. The summed E-state index contributed by atoms with van der Waals surface area (Å²) in [5.41, 5.74) is 6.76. The van der Waals surface area contributed by atoms with Crippen LogP contribution >= 0.6 is 46.4 Å². The molecule has 2 atom stereocenters. The summed E-state index contributed by atoms with van der Waals surface area (Å²) < 4.78 is 45.1. The highest BCUT2D eigenvalue weighted by Gasteiger charge is 2.34. The Morgan fingerprint density at radius 3 is 1.91 bits per heavy atom. The van der Waals surface area contributed by atoms with Crippen LogP contribution in [-0.2, 0) is 63.0 Å². The van der Waals surface area contributed by atoms with Crippen molar-refractivity contribution in [1.29, 1.82) is 0 Å². The van der Waals surface area contributed by atoms with Crippen molar-refractivity contribution < 1.29 is 57.7 Å². The zero-order chi connectivity index (χ0) is 54.0. The van der Waals surface area contributed by atoms with Crippen LogP contribution in [0.3, 0.4) is 0 Å². The van der Waals surface area contributed by atoms with Crippen molar-refractivity contribution in [2.24, 2.45) is 0 Å². The van der Waals surface area contributed by atoms with Crippen molar-refractivity contribution in [3.63, 3.8) is 0 Å². The molecule has 3 N–H and O–H groups in total. The topological polar surface area (TPSA) is 164 Å². The molecule has 2 aliphatic rings. The summed E-state index contributed by atoms with van der Waals surface area (Å²) in [5.74, 6) is 1.50. The van der Waals surface area contributed by atoms with Crippen LogP contribution in [0.15, 0.2) is 121 Å². The summed E-state index contributed by atoms with van der Waals surface area (Å²) in [7, 11) is 0. The number of nitrogens with one attached hydrogen (secondary N) is 1. The van der Waals surface area contributed by atoms with Gasteiger partial charge in [-0.1, -0.05) is 94.9 Å².